The van der Waals surface area contributed by atoms with Gasteiger partial charge in [0.2, 0.25) is 11.8 Å². The number of benzene rings is 2. The molecule has 1 aliphatic heterocycles. The fraction of sp³-hybridized carbons (Fsp3) is 0.370. The van der Waals surface area contributed by atoms with Gasteiger partial charge in [0.05, 0.1) is 7.11 Å². The van der Waals surface area contributed by atoms with E-state index in [1.165, 1.54) is 4.90 Å². The van der Waals surface area contributed by atoms with Crippen molar-refractivity contribution in [3.05, 3.63) is 64.7 Å². The Labute approximate surface area is 222 Å². The van der Waals surface area contributed by atoms with E-state index in [4.69, 9.17) is 4.74 Å². The molecule has 0 aromatic heterocycles. The van der Waals surface area contributed by atoms with Crippen LogP contribution in [0.5, 0.6) is 0 Å². The Balaban J connectivity index is 1.33. The van der Waals surface area contributed by atoms with Gasteiger partial charge in [-0.25, -0.2) is 13.6 Å². The van der Waals surface area contributed by atoms with E-state index in [1.807, 2.05) is 0 Å². The largest absolute Gasteiger partial charge is 0.468 e. The Morgan fingerprint density at radius 2 is 1.72 bits per heavy atom. The summed E-state index contributed by atoms with van der Waals surface area (Å²) in [6.07, 6.45) is 1.10. The molecule has 12 heteroatoms. The number of amides is 5. The second-order valence-electron chi connectivity index (χ2n) is 10.2. The molecule has 0 radical (unpaired) electrons. The molecule has 5 rings (SSSR count). The van der Waals surface area contributed by atoms with Gasteiger partial charge in [0.1, 0.15) is 29.1 Å². The van der Waals surface area contributed by atoms with Crippen LogP contribution in [0.3, 0.4) is 0 Å². The Hall–Kier alpha value is -4.35. The van der Waals surface area contributed by atoms with E-state index >= 15 is 0 Å². The smallest absolute Gasteiger partial charge is 0.324 e. The molecule has 2 aromatic rings. The molecule has 1 unspecified atom stereocenters. The highest BCUT2D eigenvalue weighted by Gasteiger charge is 2.59. The third kappa shape index (κ3) is 4.59. The number of urea groups is 1. The topological polar surface area (TPSA) is 125 Å². The van der Waals surface area contributed by atoms with Crippen molar-refractivity contribution in [1.82, 2.24) is 15.1 Å². The summed E-state index contributed by atoms with van der Waals surface area (Å²) in [6, 6.07) is 7.45. The molecular formula is C27H26F2N4O6. The van der Waals surface area contributed by atoms with Crippen molar-refractivity contribution < 1.29 is 37.5 Å². The van der Waals surface area contributed by atoms with Gasteiger partial charge in [-0.2, -0.15) is 0 Å². The quantitative estimate of drug-likeness (QED) is 0.314. The van der Waals surface area contributed by atoms with E-state index in [1.54, 1.807) is 25.2 Å². The van der Waals surface area contributed by atoms with Crippen molar-refractivity contribution >= 4 is 35.4 Å². The molecule has 0 bridgehead atoms. The maximum atomic E-state index is 13.8. The molecule has 3 aliphatic rings. The summed E-state index contributed by atoms with van der Waals surface area (Å²) < 4.78 is 32.4. The minimum absolute atomic E-state index is 0.116. The van der Waals surface area contributed by atoms with Crippen molar-refractivity contribution in [3.8, 4) is 0 Å². The summed E-state index contributed by atoms with van der Waals surface area (Å²) in [4.78, 5) is 65.7. The second-order valence-corrected chi connectivity index (χ2v) is 10.2. The molecular weight excluding hydrogens is 514 g/mol. The zero-order valence-corrected chi connectivity index (χ0v) is 21.3. The third-order valence-corrected chi connectivity index (χ3v) is 7.70. The number of fused-ring (bicyclic) bond motifs is 1. The number of nitrogens with zero attached hydrogens (tertiary/aromatic N) is 2. The number of anilines is 1. The van der Waals surface area contributed by atoms with E-state index in [9.17, 15) is 32.8 Å². The van der Waals surface area contributed by atoms with E-state index in [0.717, 1.165) is 35.3 Å². The van der Waals surface area contributed by atoms with Crippen molar-refractivity contribution in [1.29, 1.82) is 0 Å². The predicted octanol–water partition coefficient (Wildman–Crippen LogP) is 1.90. The normalized spacial score (nSPS) is 20.5. The van der Waals surface area contributed by atoms with Gasteiger partial charge in [0, 0.05) is 38.2 Å². The van der Waals surface area contributed by atoms with Gasteiger partial charge in [-0.3, -0.25) is 24.5 Å². The van der Waals surface area contributed by atoms with Gasteiger partial charge < -0.3 is 19.9 Å². The number of carbonyl (C=O) groups excluding carboxylic acids is 5. The van der Waals surface area contributed by atoms with Crippen LogP contribution in [-0.4, -0.2) is 65.8 Å². The van der Waals surface area contributed by atoms with Gasteiger partial charge in [0.25, 0.3) is 5.91 Å². The summed E-state index contributed by atoms with van der Waals surface area (Å²) in [5.74, 6) is -4.04. The number of methoxy groups -OCH3 is 1. The lowest BCUT2D eigenvalue weighted by atomic mass is 9.95. The number of halogens is 2. The number of hydrogen-bond acceptors (Lipinski definition) is 6. The van der Waals surface area contributed by atoms with Crippen LogP contribution in [0.1, 0.15) is 29.5 Å². The average molecular weight is 541 g/mol. The second kappa shape index (κ2) is 9.44. The average Bonchev–Trinajstić information content (AvgIpc) is 3.55. The fourth-order valence-corrected chi connectivity index (χ4v) is 5.40. The first-order valence-electron chi connectivity index (χ1n) is 12.3. The molecule has 2 aromatic carbocycles. The highest BCUT2D eigenvalue weighted by atomic mass is 19.1. The maximum absolute atomic E-state index is 13.8. The summed E-state index contributed by atoms with van der Waals surface area (Å²) in [7, 11) is 2.72. The van der Waals surface area contributed by atoms with E-state index in [-0.39, 0.29) is 37.3 Å². The predicted molar refractivity (Wildman–Crippen MR) is 132 cm³/mol. The fourth-order valence-electron chi connectivity index (χ4n) is 5.40. The van der Waals surface area contributed by atoms with Crippen molar-refractivity contribution in [3.63, 3.8) is 0 Å². The highest BCUT2D eigenvalue weighted by molar-refractivity contribution is 6.08. The zero-order valence-electron chi connectivity index (χ0n) is 21.3. The van der Waals surface area contributed by atoms with Crippen molar-refractivity contribution in [2.75, 3.05) is 26.0 Å². The van der Waals surface area contributed by atoms with Gasteiger partial charge in [-0.1, -0.05) is 6.07 Å². The van der Waals surface area contributed by atoms with Crippen LogP contribution in [0.15, 0.2) is 36.4 Å². The van der Waals surface area contributed by atoms with Gasteiger partial charge in [0.15, 0.2) is 0 Å². The molecule has 39 heavy (non-hydrogen) atoms. The summed E-state index contributed by atoms with van der Waals surface area (Å²) in [5, 5.41) is 5.04. The Bertz CT molecular complexity index is 1400. The first-order chi connectivity index (χ1) is 18.5. The molecule has 1 saturated heterocycles. The molecule has 1 atom stereocenters. The summed E-state index contributed by atoms with van der Waals surface area (Å²) in [6.45, 7) is -0.793. The van der Waals surface area contributed by atoms with Crippen LogP contribution < -0.4 is 10.6 Å². The minimum atomic E-state index is -1.42. The lowest BCUT2D eigenvalue weighted by Crippen LogP contribution is -2.48. The molecule has 204 valence electrons. The lowest BCUT2D eigenvalue weighted by molar-refractivity contribution is -0.157. The summed E-state index contributed by atoms with van der Waals surface area (Å²) in [5.41, 5.74) is -0.266. The van der Waals surface area contributed by atoms with Crippen molar-refractivity contribution in [2.45, 2.75) is 37.8 Å². The number of likely N-dealkylation sites (N-methyl/N-ethyl adjacent to an activating group) is 1. The molecule has 2 aliphatic carbocycles. The Kier molecular flexibility index (Phi) is 6.36. The number of hydrogen-bond donors (Lipinski definition) is 2. The molecule has 1 saturated carbocycles. The maximum Gasteiger partial charge on any atom is 0.324 e. The molecule has 1 heterocycles. The number of esters is 1. The lowest BCUT2D eigenvalue weighted by Gasteiger charge is -2.27. The first kappa shape index (κ1) is 26.3. The molecule has 2 fully saturated rings. The number of imide groups is 1. The van der Waals surface area contributed by atoms with Gasteiger partial charge >= 0.3 is 12.0 Å². The molecule has 5 amide bonds. The summed E-state index contributed by atoms with van der Waals surface area (Å²) >= 11 is 0. The Morgan fingerprint density at radius 3 is 2.31 bits per heavy atom. The van der Waals surface area contributed by atoms with Crippen LogP contribution in [0.25, 0.3) is 0 Å². The van der Waals surface area contributed by atoms with Gasteiger partial charge in [-0.05, 0) is 53.8 Å². The molecule has 2 N–H and O–H groups in total. The van der Waals surface area contributed by atoms with E-state index < -0.39 is 52.9 Å². The third-order valence-electron chi connectivity index (χ3n) is 7.70. The van der Waals surface area contributed by atoms with Gasteiger partial charge in [-0.15, -0.1) is 0 Å². The van der Waals surface area contributed by atoms with Crippen LogP contribution in [-0.2, 0) is 43.3 Å². The highest BCUT2D eigenvalue weighted by Crippen LogP contribution is 2.48. The van der Waals surface area contributed by atoms with E-state index in [2.05, 4.69) is 10.6 Å². The standard InChI is InChI=1S/C27H26F2N4O6/c1-32-25(38)31-22(35)27(32)11-16-3-4-20(9-17(16)12-27)30-21(34)14-33(13-15-7-18(28)10-19(29)8-15)23(36)26(5-6-26)24(37)39-2/h3-4,7-10H,5-6,11-14H2,1-2H3,(H,30,34)(H,31,35,38). The molecule has 1 spiro atoms. The minimum Gasteiger partial charge on any atom is -0.468 e. The SMILES string of the molecule is COC(=O)C1(C(=O)N(CC(=O)Nc2ccc3c(c2)CC2(C3)C(=O)NC(=O)N2C)Cc2cc(F)cc(F)c2)CC1. The monoisotopic (exact) mass is 540 g/mol. The first-order valence-corrected chi connectivity index (χ1v) is 12.3. The van der Waals surface area contributed by atoms with E-state index in [0.29, 0.717) is 18.2 Å². The number of carbonyl (C=O) groups is 5. The van der Waals surface area contributed by atoms with Crippen LogP contribution >= 0.6 is 0 Å². The Morgan fingerprint density at radius 1 is 1.05 bits per heavy atom. The number of rotatable bonds is 7. The number of ether oxygens (including phenoxy) is 1. The van der Waals surface area contributed by atoms with Crippen molar-refractivity contribution in [2.24, 2.45) is 5.41 Å². The van der Waals surface area contributed by atoms with Crippen LogP contribution in [0, 0.1) is 17.0 Å². The zero-order chi connectivity index (χ0) is 28.1. The molecule has 10 nitrogen and oxygen atoms in total. The number of nitrogens with one attached hydrogen (secondary N) is 2. The van der Waals surface area contributed by atoms with Crippen LogP contribution in [0.4, 0.5) is 19.3 Å². The van der Waals surface area contributed by atoms with Crippen LogP contribution in [0.2, 0.25) is 0 Å².